The van der Waals surface area contributed by atoms with E-state index in [0.29, 0.717) is 18.7 Å². The molecule has 0 radical (unpaired) electrons. The van der Waals surface area contributed by atoms with Gasteiger partial charge >= 0.3 is 0 Å². The van der Waals surface area contributed by atoms with E-state index in [9.17, 15) is 9.59 Å². The zero-order chi connectivity index (χ0) is 15.0. The minimum absolute atomic E-state index is 0.00395. The van der Waals surface area contributed by atoms with Crippen LogP contribution in [0.25, 0.3) is 0 Å². The van der Waals surface area contributed by atoms with E-state index in [1.165, 1.54) is 6.26 Å². The number of nitrogens with zero attached hydrogens (tertiary/aromatic N) is 2. The Bertz CT molecular complexity index is 526. The number of ether oxygens (including phenoxy) is 1. The zero-order valence-electron chi connectivity index (χ0n) is 12.3. The molecule has 0 unspecified atom stereocenters. The van der Waals surface area contributed by atoms with Gasteiger partial charge in [-0.1, -0.05) is 0 Å². The lowest BCUT2D eigenvalue weighted by Gasteiger charge is -2.35. The number of carbonyl (C=O) groups excluding carboxylic acids is 2. The van der Waals surface area contributed by atoms with Crippen molar-refractivity contribution in [2.24, 2.45) is 0 Å². The molecular weight excluding hydrogens is 272 g/mol. The van der Waals surface area contributed by atoms with Crippen LogP contribution in [-0.4, -0.2) is 60.5 Å². The lowest BCUT2D eigenvalue weighted by atomic mass is 9.98. The molecule has 3 heterocycles. The molecule has 2 aliphatic rings. The molecule has 21 heavy (non-hydrogen) atoms. The summed E-state index contributed by atoms with van der Waals surface area (Å²) in [5.74, 6) is 0.278. The Morgan fingerprint density at radius 2 is 2.10 bits per heavy atom. The van der Waals surface area contributed by atoms with Crippen LogP contribution < -0.4 is 0 Å². The first kappa shape index (κ1) is 14.1. The number of hydrogen-bond acceptors (Lipinski definition) is 4. The van der Waals surface area contributed by atoms with Gasteiger partial charge in [-0.25, -0.2) is 0 Å². The van der Waals surface area contributed by atoms with E-state index >= 15 is 0 Å². The highest BCUT2D eigenvalue weighted by atomic mass is 16.5. The Labute approximate surface area is 123 Å². The highest BCUT2D eigenvalue weighted by Crippen LogP contribution is 2.32. The first-order valence-corrected chi connectivity index (χ1v) is 7.29. The number of likely N-dealkylation sites (N-methyl/N-ethyl adjacent to an activating group) is 1. The molecule has 3 atom stereocenters. The number of hydrogen-bond donors (Lipinski definition) is 0. The van der Waals surface area contributed by atoms with Gasteiger partial charge in [0.2, 0.25) is 0 Å². The molecule has 0 aromatic carbocycles. The summed E-state index contributed by atoms with van der Waals surface area (Å²) in [5.41, 5.74) is 0. The van der Waals surface area contributed by atoms with Crippen LogP contribution in [0.15, 0.2) is 22.8 Å². The number of amides is 2. The van der Waals surface area contributed by atoms with Crippen LogP contribution in [0.5, 0.6) is 0 Å². The van der Waals surface area contributed by atoms with E-state index < -0.39 is 0 Å². The van der Waals surface area contributed by atoms with E-state index in [1.54, 1.807) is 31.1 Å². The Balaban J connectivity index is 1.67. The average molecular weight is 292 g/mol. The Morgan fingerprint density at radius 1 is 1.29 bits per heavy atom. The second kappa shape index (κ2) is 5.52. The van der Waals surface area contributed by atoms with E-state index in [-0.39, 0.29) is 30.1 Å². The number of fused-ring (bicyclic) bond motifs is 1. The van der Waals surface area contributed by atoms with Crippen LogP contribution in [0.2, 0.25) is 0 Å². The largest absolute Gasteiger partial charge is 0.459 e. The normalized spacial score (nSPS) is 28.3. The summed E-state index contributed by atoms with van der Waals surface area (Å²) in [6, 6.07) is 3.44. The van der Waals surface area contributed by atoms with Crippen LogP contribution in [0.3, 0.4) is 0 Å². The molecule has 2 fully saturated rings. The van der Waals surface area contributed by atoms with Gasteiger partial charge in [0, 0.05) is 20.6 Å². The minimum atomic E-state index is -0.375. The number of rotatable bonds is 2. The predicted octanol–water partition coefficient (Wildman–Crippen LogP) is 1.13. The van der Waals surface area contributed by atoms with E-state index in [4.69, 9.17) is 9.15 Å². The molecule has 6 heteroatoms. The Morgan fingerprint density at radius 3 is 2.76 bits per heavy atom. The smallest absolute Gasteiger partial charge is 0.289 e. The highest BCUT2D eigenvalue weighted by molar-refractivity contribution is 5.92. The van der Waals surface area contributed by atoms with Gasteiger partial charge in [-0.3, -0.25) is 9.59 Å². The molecule has 114 valence electrons. The fourth-order valence-corrected chi connectivity index (χ4v) is 3.19. The molecular formula is C15H20N2O4. The molecule has 0 spiro atoms. The van der Waals surface area contributed by atoms with Crippen molar-refractivity contribution in [1.29, 1.82) is 0 Å². The van der Waals surface area contributed by atoms with Crippen LogP contribution in [0.1, 0.15) is 29.8 Å². The lowest BCUT2D eigenvalue weighted by Crippen LogP contribution is -2.48. The maximum Gasteiger partial charge on any atom is 0.289 e. The molecule has 2 saturated heterocycles. The summed E-state index contributed by atoms with van der Waals surface area (Å²) < 4.78 is 11.1. The molecule has 0 N–H and O–H groups in total. The van der Waals surface area contributed by atoms with Crippen LogP contribution in [0, 0.1) is 0 Å². The maximum atomic E-state index is 12.4. The van der Waals surface area contributed by atoms with Gasteiger partial charge in [-0.2, -0.15) is 0 Å². The lowest BCUT2D eigenvalue weighted by molar-refractivity contribution is -0.151. The third-order valence-electron chi connectivity index (χ3n) is 4.26. The van der Waals surface area contributed by atoms with Crippen molar-refractivity contribution in [2.45, 2.75) is 37.5 Å². The van der Waals surface area contributed by atoms with Gasteiger partial charge < -0.3 is 19.0 Å². The molecule has 0 aliphatic carbocycles. The number of carbonyl (C=O) groups is 2. The topological polar surface area (TPSA) is 63.0 Å². The summed E-state index contributed by atoms with van der Waals surface area (Å²) in [6.45, 7) is 0.651. The predicted molar refractivity (Wildman–Crippen MR) is 74.7 cm³/mol. The van der Waals surface area contributed by atoms with E-state index in [2.05, 4.69) is 0 Å². The van der Waals surface area contributed by atoms with Crippen LogP contribution >= 0.6 is 0 Å². The van der Waals surface area contributed by atoms with Crippen molar-refractivity contribution < 1.29 is 18.7 Å². The van der Waals surface area contributed by atoms with Crippen molar-refractivity contribution in [1.82, 2.24) is 9.80 Å². The fraction of sp³-hybridized carbons (Fsp3) is 0.600. The minimum Gasteiger partial charge on any atom is -0.459 e. The summed E-state index contributed by atoms with van der Waals surface area (Å²) in [7, 11) is 3.47. The van der Waals surface area contributed by atoms with Crippen molar-refractivity contribution >= 4 is 11.8 Å². The second-order valence-electron chi connectivity index (χ2n) is 5.81. The number of likely N-dealkylation sites (tertiary alicyclic amines) is 1. The summed E-state index contributed by atoms with van der Waals surface area (Å²) in [4.78, 5) is 27.8. The van der Waals surface area contributed by atoms with Crippen molar-refractivity contribution in [3.05, 3.63) is 24.2 Å². The van der Waals surface area contributed by atoms with Gasteiger partial charge in [-0.15, -0.1) is 0 Å². The zero-order valence-corrected chi connectivity index (χ0v) is 12.3. The first-order valence-electron chi connectivity index (χ1n) is 7.29. The molecule has 2 amide bonds. The quantitative estimate of drug-likeness (QED) is 0.820. The third-order valence-corrected chi connectivity index (χ3v) is 4.26. The van der Waals surface area contributed by atoms with Crippen molar-refractivity contribution in [3.8, 4) is 0 Å². The Hall–Kier alpha value is -1.82. The van der Waals surface area contributed by atoms with Gasteiger partial charge in [-0.05, 0) is 31.4 Å². The molecule has 1 aromatic rings. The van der Waals surface area contributed by atoms with E-state index in [1.807, 2.05) is 4.90 Å². The molecule has 6 nitrogen and oxygen atoms in total. The molecule has 2 aliphatic heterocycles. The van der Waals surface area contributed by atoms with Gasteiger partial charge in [0.1, 0.15) is 6.10 Å². The third kappa shape index (κ3) is 2.55. The Kier molecular flexibility index (Phi) is 3.71. The summed E-state index contributed by atoms with van der Waals surface area (Å²) >= 11 is 0. The fourth-order valence-electron chi connectivity index (χ4n) is 3.19. The van der Waals surface area contributed by atoms with Crippen molar-refractivity contribution in [2.75, 3.05) is 20.6 Å². The molecule has 0 bridgehead atoms. The highest BCUT2D eigenvalue weighted by Gasteiger charge is 2.44. The second-order valence-corrected chi connectivity index (χ2v) is 5.81. The van der Waals surface area contributed by atoms with Gasteiger partial charge in [0.25, 0.3) is 11.8 Å². The van der Waals surface area contributed by atoms with Gasteiger partial charge in [0.15, 0.2) is 5.76 Å². The standard InChI is InChI=1S/C15H20N2O4/c1-16(2)14(18)13-6-5-10-11(21-13)7-8-17(10)15(19)12-4-3-9-20-12/h3-4,9-11,13H,5-8H2,1-2H3/t10-,11-,13-/m1/s1. The molecule has 3 rings (SSSR count). The maximum absolute atomic E-state index is 12.4. The summed E-state index contributed by atoms with van der Waals surface area (Å²) in [5, 5.41) is 0. The SMILES string of the molecule is CN(C)C(=O)[C@H]1CC[C@@H]2[C@@H](CCN2C(=O)c2ccco2)O1. The molecule has 0 saturated carbocycles. The van der Waals surface area contributed by atoms with Crippen LogP contribution in [-0.2, 0) is 9.53 Å². The number of furan rings is 1. The van der Waals surface area contributed by atoms with E-state index in [0.717, 1.165) is 12.8 Å². The first-order chi connectivity index (χ1) is 10.1. The average Bonchev–Trinajstić information content (AvgIpc) is 3.14. The van der Waals surface area contributed by atoms with Crippen molar-refractivity contribution in [3.63, 3.8) is 0 Å². The van der Waals surface area contributed by atoms with Gasteiger partial charge in [0.05, 0.1) is 18.4 Å². The summed E-state index contributed by atoms with van der Waals surface area (Å²) in [6.07, 6.45) is 3.30. The van der Waals surface area contributed by atoms with Crippen LogP contribution in [0.4, 0.5) is 0 Å². The monoisotopic (exact) mass is 292 g/mol. The molecule has 1 aromatic heterocycles.